The number of nitrogens with zero attached hydrogens (tertiary/aromatic N) is 6. The average molecular weight is 1060 g/mol. The van der Waals surface area contributed by atoms with Crippen molar-refractivity contribution in [2.24, 2.45) is 28.8 Å². The number of non-ortho nitro benzene ring substituents is 1. The Morgan fingerprint density at radius 1 is 1.01 bits per heavy atom. The van der Waals surface area contributed by atoms with Crippen molar-refractivity contribution in [1.82, 2.24) is 19.9 Å². The van der Waals surface area contributed by atoms with Crippen molar-refractivity contribution in [3.63, 3.8) is 0 Å². The van der Waals surface area contributed by atoms with Gasteiger partial charge in [0.2, 0.25) is 0 Å². The van der Waals surface area contributed by atoms with E-state index in [2.05, 4.69) is 26.9 Å². The average Bonchev–Trinajstić information content (AvgIpc) is 4.16. The number of aliphatic hydroxyl groups excluding tert-OH is 2. The Bertz CT molecular complexity index is 2410. The lowest BCUT2D eigenvalue weighted by atomic mass is 9.67. The van der Waals surface area contributed by atoms with Crippen molar-refractivity contribution in [2.45, 2.75) is 223 Å². The number of benzene rings is 1. The summed E-state index contributed by atoms with van der Waals surface area (Å²) in [5.74, 6) is -3.21. The molecule has 5 saturated heterocycles. The first kappa shape index (κ1) is 57.2. The summed E-state index contributed by atoms with van der Waals surface area (Å²) in [5.41, 5.74) is -3.29. The fraction of sp³-hybridized carbons (Fsp3) is 0.778. The van der Waals surface area contributed by atoms with Crippen LogP contribution in [0.5, 0.6) is 0 Å². The summed E-state index contributed by atoms with van der Waals surface area (Å²) in [6.45, 7) is 24.1. The van der Waals surface area contributed by atoms with Crippen LogP contribution in [-0.4, -0.2) is 173 Å². The molecular weight excluding hydrogens is 973 g/mol. The van der Waals surface area contributed by atoms with Crippen LogP contribution in [0.15, 0.2) is 47.8 Å². The molecule has 418 valence electrons. The Balaban J connectivity index is 1.11. The van der Waals surface area contributed by atoms with Gasteiger partial charge >= 0.3 is 5.97 Å². The number of aliphatic hydroxyl groups is 3. The summed E-state index contributed by atoms with van der Waals surface area (Å²) >= 11 is 0. The fourth-order valence-corrected chi connectivity index (χ4v) is 13.3. The molecule has 75 heavy (non-hydrogen) atoms. The highest BCUT2D eigenvalue weighted by Gasteiger charge is 2.76. The van der Waals surface area contributed by atoms with E-state index in [-0.39, 0.29) is 37.0 Å². The zero-order valence-corrected chi connectivity index (χ0v) is 45.8. The Morgan fingerprint density at radius 2 is 1.72 bits per heavy atom. The van der Waals surface area contributed by atoms with E-state index in [1.807, 2.05) is 54.8 Å². The molecule has 6 fully saturated rings. The molecule has 4 unspecified atom stereocenters. The number of esters is 1. The van der Waals surface area contributed by atoms with E-state index in [0.29, 0.717) is 50.9 Å². The Morgan fingerprint density at radius 3 is 2.37 bits per heavy atom. The molecule has 5 aliphatic heterocycles. The van der Waals surface area contributed by atoms with E-state index >= 15 is 0 Å². The van der Waals surface area contributed by atoms with Gasteiger partial charge in [-0.2, -0.15) is 0 Å². The van der Waals surface area contributed by atoms with Gasteiger partial charge in [0.1, 0.15) is 40.7 Å². The highest BCUT2D eigenvalue weighted by Crippen LogP contribution is 2.64. The Labute approximate surface area is 440 Å². The molecule has 2 aromatic rings. The van der Waals surface area contributed by atoms with Crippen LogP contribution in [0.4, 0.5) is 5.69 Å². The number of rotatable bonds is 14. The van der Waals surface area contributed by atoms with E-state index in [1.165, 1.54) is 19.2 Å². The molecule has 1 aliphatic carbocycles. The van der Waals surface area contributed by atoms with Crippen LogP contribution in [-0.2, 0) is 62.1 Å². The third kappa shape index (κ3) is 10.8. The number of carbonyl (C=O) groups excluding carboxylic acids is 1. The van der Waals surface area contributed by atoms with Crippen molar-refractivity contribution in [1.29, 1.82) is 0 Å². The highest BCUT2D eigenvalue weighted by molar-refractivity contribution is 5.89. The topological polar surface area (TPSA) is 268 Å². The molecule has 2 bridgehead atoms. The third-order valence-electron chi connectivity index (χ3n) is 18.1. The molecule has 21 nitrogen and oxygen atoms in total. The molecule has 1 aromatic carbocycles. The predicted octanol–water partition coefficient (Wildman–Crippen LogP) is 5.31. The van der Waals surface area contributed by atoms with Gasteiger partial charge in [0, 0.05) is 88.0 Å². The van der Waals surface area contributed by atoms with Gasteiger partial charge in [-0.1, -0.05) is 62.3 Å². The second-order valence-corrected chi connectivity index (χ2v) is 23.4. The summed E-state index contributed by atoms with van der Waals surface area (Å²) in [7, 11) is 3.46. The molecule has 0 amide bonds. The van der Waals surface area contributed by atoms with Gasteiger partial charge in [-0.05, 0) is 79.8 Å². The van der Waals surface area contributed by atoms with E-state index in [4.69, 9.17) is 37.9 Å². The Kier molecular flexibility index (Phi) is 16.5. The quantitative estimate of drug-likeness (QED) is 0.0467. The van der Waals surface area contributed by atoms with Gasteiger partial charge in [-0.25, -0.2) is 0 Å². The van der Waals surface area contributed by atoms with Crippen LogP contribution in [0, 0.1) is 33.8 Å². The van der Waals surface area contributed by atoms with Crippen LogP contribution in [0.3, 0.4) is 0 Å². The number of aromatic nitrogens is 3. The van der Waals surface area contributed by atoms with Gasteiger partial charge in [0.05, 0.1) is 58.4 Å². The van der Waals surface area contributed by atoms with Crippen molar-refractivity contribution in [3.05, 3.63) is 64.0 Å². The maximum Gasteiger partial charge on any atom is 0.311 e. The van der Waals surface area contributed by atoms with Crippen LogP contribution in [0.2, 0.25) is 0 Å². The van der Waals surface area contributed by atoms with Crippen molar-refractivity contribution >= 4 is 17.4 Å². The molecule has 1 aromatic heterocycles. The number of aryl methyl sites for hydroxylation is 2. The number of methoxy groups -OCH3 is 1. The number of ether oxygens (including phenoxy) is 8. The molecule has 21 heteroatoms. The maximum atomic E-state index is 14.9. The van der Waals surface area contributed by atoms with Crippen LogP contribution in [0.25, 0.3) is 0 Å². The van der Waals surface area contributed by atoms with Crippen LogP contribution < -0.4 is 0 Å². The van der Waals surface area contributed by atoms with E-state index in [0.717, 1.165) is 16.8 Å². The first-order chi connectivity index (χ1) is 35.3. The van der Waals surface area contributed by atoms with Gasteiger partial charge in [-0.15, -0.1) is 5.10 Å². The smallest absolute Gasteiger partial charge is 0.311 e. The number of nitro groups is 1. The molecule has 0 radical (unpaired) electrons. The molecule has 2 spiro atoms. The Hall–Kier alpha value is -4.00. The monoisotopic (exact) mass is 1050 g/mol. The van der Waals surface area contributed by atoms with Gasteiger partial charge in [-0.3, -0.25) is 19.6 Å². The first-order valence-electron chi connectivity index (χ1n) is 26.8. The van der Waals surface area contributed by atoms with Crippen molar-refractivity contribution < 1.29 is 68.1 Å². The van der Waals surface area contributed by atoms with Gasteiger partial charge < -0.3 is 63.3 Å². The summed E-state index contributed by atoms with van der Waals surface area (Å²) in [4.78, 5) is 27.6. The van der Waals surface area contributed by atoms with Crippen molar-refractivity contribution in [2.75, 3.05) is 20.7 Å². The summed E-state index contributed by atoms with van der Waals surface area (Å²) in [5, 5.41) is 70.9. The summed E-state index contributed by atoms with van der Waals surface area (Å²) < 4.78 is 54.9. The lowest BCUT2D eigenvalue weighted by Gasteiger charge is -2.47. The number of epoxide rings is 2. The minimum absolute atomic E-state index is 0.0379. The second-order valence-electron chi connectivity index (χ2n) is 23.4. The zero-order valence-electron chi connectivity index (χ0n) is 45.8. The van der Waals surface area contributed by atoms with E-state index in [1.54, 1.807) is 44.5 Å². The number of fused-ring (bicyclic) bond motifs is 2. The number of carbonyl (C=O) groups is 1. The molecule has 6 aliphatic rings. The zero-order chi connectivity index (χ0) is 54.7. The number of cyclic esters (lactones) is 1. The lowest BCUT2D eigenvalue weighted by molar-refractivity contribution is -0.384. The molecular formula is C54H82N6O15. The lowest BCUT2D eigenvalue weighted by Crippen LogP contribution is -2.60. The second kappa shape index (κ2) is 21.7. The standard InChI is InChI=1S/C54H82N6O15/c1-14-40-51(10,64)54-25-29(2)24-53(26-30(3)42(56-65)32(5)47(54)74-54)52(11,75-53)46(33(6)44(34(7)48(63)71-40)72-41-27-50(9,68-13)45(62)35(8)70-41)73-49-43(61)39(23-31(4)69-49)58(12)21-20-37-28-59(57-55-37)22-19-36-15-17-38(18-16-36)60(66)67/h15-18,28,30-35,39-41,43-47,49,61-62,64-65H,2,14,19-27H2,1,3-13H3/b56-42+/t30-,31-,32+,33+,34-,35+,39+,40-,41?,43?,44+,45+,46-,47-,49+,50-,51-,52+,53?,54?/m1/s1. The molecule has 1 saturated carbocycles. The number of hydrogen-bond acceptors (Lipinski definition) is 19. The predicted molar refractivity (Wildman–Crippen MR) is 272 cm³/mol. The van der Waals surface area contributed by atoms with Crippen molar-refractivity contribution in [3.8, 4) is 0 Å². The maximum absolute atomic E-state index is 14.9. The number of hydrogen-bond donors (Lipinski definition) is 4. The minimum atomic E-state index is -1.73. The minimum Gasteiger partial charge on any atom is -0.459 e. The number of oxime groups is 1. The third-order valence-corrected chi connectivity index (χ3v) is 18.1. The highest BCUT2D eigenvalue weighted by atomic mass is 16.7. The van der Waals surface area contributed by atoms with Crippen LogP contribution in [0.1, 0.15) is 119 Å². The first-order valence-corrected chi connectivity index (χ1v) is 26.8. The fourth-order valence-electron chi connectivity index (χ4n) is 13.3. The molecule has 20 atom stereocenters. The number of likely N-dealkylation sites (N-methyl/N-ethyl adjacent to an activating group) is 1. The summed E-state index contributed by atoms with van der Waals surface area (Å²) in [6, 6.07) is 6.03. The van der Waals surface area contributed by atoms with E-state index < -0.39 is 118 Å². The number of nitro benzene ring substituents is 1. The molecule has 4 N–H and O–H groups in total. The normalized spacial score (nSPS) is 43.9. The SMILES string of the molecule is C=C1CC23C[C@@H](C)/C(=N\O)[C@H](C)[C@H]4OC4(C1)[C@](C)(O)[C@@H](CC)OC(=O)[C@H](C)[C@@H](OC1C[C@@](C)(OC)[C@@H](O)[C@H](C)O1)[C@H](C)[C@@H](O[C@@H]1O[C@H](C)C[C@H](N(C)CCc4cn(CCc5ccc([N+](=O)[O-])cc5)nn4)C1O)[C@]2(C)O3. The molecule has 6 heterocycles. The van der Waals surface area contributed by atoms with Gasteiger partial charge in [0.15, 0.2) is 12.6 Å². The van der Waals surface area contributed by atoms with Crippen LogP contribution >= 0.6 is 0 Å². The van der Waals surface area contributed by atoms with E-state index in [9.17, 15) is 35.4 Å². The summed E-state index contributed by atoms with van der Waals surface area (Å²) in [6.07, 6.45) is -4.25. The van der Waals surface area contributed by atoms with Gasteiger partial charge in [0.25, 0.3) is 5.69 Å². The largest absolute Gasteiger partial charge is 0.459 e. The molecule has 8 rings (SSSR count).